The first kappa shape index (κ1) is 16.1. The lowest BCUT2D eigenvalue weighted by molar-refractivity contribution is -0.123. The Morgan fingerprint density at radius 1 is 1.23 bits per heavy atom. The Labute approximate surface area is 150 Å². The number of nitrogens with zero attached hydrogens (tertiary/aromatic N) is 2. The van der Waals surface area contributed by atoms with E-state index in [1.807, 2.05) is 55.5 Å². The highest BCUT2D eigenvalue weighted by Gasteiger charge is 2.27. The van der Waals surface area contributed by atoms with Crippen LogP contribution in [0.5, 0.6) is 5.75 Å². The number of aromatic nitrogens is 1. The Hall–Kier alpha value is -3.41. The summed E-state index contributed by atoms with van der Waals surface area (Å²) < 4.78 is 5.45. The Morgan fingerprint density at radius 3 is 3.00 bits per heavy atom. The lowest BCUT2D eigenvalue weighted by Crippen LogP contribution is -2.43. The van der Waals surface area contributed by atoms with Gasteiger partial charge in [0.25, 0.3) is 5.91 Å². The molecule has 0 saturated heterocycles. The van der Waals surface area contributed by atoms with Crippen LogP contribution in [0.4, 0.5) is 11.4 Å². The smallest absolute Gasteiger partial charge is 0.265 e. The van der Waals surface area contributed by atoms with Gasteiger partial charge in [0.1, 0.15) is 12.3 Å². The normalized spacial score (nSPS) is 13.3. The van der Waals surface area contributed by atoms with E-state index in [0.717, 1.165) is 16.5 Å². The molecule has 0 radical (unpaired) electrons. The first-order valence-corrected chi connectivity index (χ1v) is 8.29. The lowest BCUT2D eigenvalue weighted by atomic mass is 10.1. The monoisotopic (exact) mass is 347 g/mol. The van der Waals surface area contributed by atoms with E-state index in [-0.39, 0.29) is 25.0 Å². The summed E-state index contributed by atoms with van der Waals surface area (Å²) in [5.74, 6) is 0.0965. The summed E-state index contributed by atoms with van der Waals surface area (Å²) in [7, 11) is 0. The fraction of sp³-hybridized carbons (Fsp3) is 0.150. The summed E-state index contributed by atoms with van der Waals surface area (Å²) in [6.45, 7) is 1.79. The third kappa shape index (κ3) is 2.97. The molecule has 1 aliphatic heterocycles. The van der Waals surface area contributed by atoms with Crippen molar-refractivity contribution in [3.8, 4) is 5.75 Å². The van der Waals surface area contributed by atoms with E-state index < -0.39 is 0 Å². The van der Waals surface area contributed by atoms with Gasteiger partial charge in [-0.1, -0.05) is 12.1 Å². The Kier molecular flexibility index (Phi) is 4.01. The van der Waals surface area contributed by atoms with Crippen molar-refractivity contribution < 1.29 is 14.3 Å². The van der Waals surface area contributed by atoms with Crippen LogP contribution in [-0.2, 0) is 9.59 Å². The number of rotatable bonds is 3. The number of ether oxygens (including phenoxy) is 1. The number of benzene rings is 2. The van der Waals surface area contributed by atoms with Crippen LogP contribution in [0.1, 0.15) is 5.56 Å². The second-order valence-corrected chi connectivity index (χ2v) is 6.16. The van der Waals surface area contributed by atoms with Gasteiger partial charge in [-0.15, -0.1) is 0 Å². The van der Waals surface area contributed by atoms with E-state index in [2.05, 4.69) is 10.3 Å². The maximum Gasteiger partial charge on any atom is 0.265 e. The molecule has 0 spiro atoms. The number of hydrogen-bond donors (Lipinski definition) is 1. The molecule has 1 aromatic heterocycles. The van der Waals surface area contributed by atoms with Crippen molar-refractivity contribution in [2.45, 2.75) is 6.92 Å². The van der Waals surface area contributed by atoms with E-state index in [9.17, 15) is 9.59 Å². The largest absolute Gasteiger partial charge is 0.482 e. The van der Waals surface area contributed by atoms with Crippen molar-refractivity contribution in [1.82, 2.24) is 4.98 Å². The molecule has 2 aromatic carbocycles. The minimum atomic E-state index is -0.274. The molecule has 2 amide bonds. The van der Waals surface area contributed by atoms with E-state index in [4.69, 9.17) is 4.74 Å². The predicted octanol–water partition coefficient (Wildman–Crippen LogP) is 2.91. The summed E-state index contributed by atoms with van der Waals surface area (Å²) in [5.41, 5.74) is 3.09. The molecule has 3 aromatic rings. The molecule has 6 heteroatoms. The molecule has 1 N–H and O–H groups in total. The van der Waals surface area contributed by atoms with Crippen LogP contribution in [-0.4, -0.2) is 29.9 Å². The average molecular weight is 347 g/mol. The molecule has 0 atom stereocenters. The van der Waals surface area contributed by atoms with Gasteiger partial charge in [0, 0.05) is 11.6 Å². The number of carbonyl (C=O) groups is 2. The molecule has 1 aliphatic rings. The minimum Gasteiger partial charge on any atom is -0.482 e. The number of aryl methyl sites for hydroxylation is 1. The molecule has 0 aliphatic carbocycles. The van der Waals surface area contributed by atoms with E-state index in [1.54, 1.807) is 6.20 Å². The van der Waals surface area contributed by atoms with Gasteiger partial charge in [0.15, 0.2) is 6.61 Å². The summed E-state index contributed by atoms with van der Waals surface area (Å²) in [5, 5.41) is 3.74. The Morgan fingerprint density at radius 2 is 2.12 bits per heavy atom. The number of hydrogen-bond acceptors (Lipinski definition) is 4. The van der Waals surface area contributed by atoms with Gasteiger partial charge in [-0.25, -0.2) is 0 Å². The molecule has 26 heavy (non-hydrogen) atoms. The van der Waals surface area contributed by atoms with Crippen molar-refractivity contribution in [2.24, 2.45) is 0 Å². The topological polar surface area (TPSA) is 71.5 Å². The molecule has 2 heterocycles. The van der Waals surface area contributed by atoms with Gasteiger partial charge in [0.05, 0.1) is 16.9 Å². The van der Waals surface area contributed by atoms with Gasteiger partial charge < -0.3 is 10.1 Å². The number of anilines is 2. The van der Waals surface area contributed by atoms with E-state index >= 15 is 0 Å². The average Bonchev–Trinajstić information content (AvgIpc) is 2.64. The molecule has 0 saturated carbocycles. The van der Waals surface area contributed by atoms with Crippen LogP contribution >= 0.6 is 0 Å². The molecule has 4 rings (SSSR count). The standard InChI is InChI=1S/C20H17N3O3/c1-13-7-8-18-17(10-13)23(20(25)12-26-18)11-19(24)22-16-6-2-5-15-14(16)4-3-9-21-15/h2-10H,11-12H2,1H3,(H,22,24). The van der Waals surface area contributed by atoms with Crippen molar-refractivity contribution in [3.05, 3.63) is 60.3 Å². The lowest BCUT2D eigenvalue weighted by Gasteiger charge is -2.29. The minimum absolute atomic E-state index is 0.0679. The maximum absolute atomic E-state index is 12.6. The number of carbonyl (C=O) groups excluding carboxylic acids is 2. The summed E-state index contributed by atoms with van der Waals surface area (Å²) >= 11 is 0. The predicted molar refractivity (Wildman–Crippen MR) is 99.4 cm³/mol. The first-order valence-electron chi connectivity index (χ1n) is 8.29. The van der Waals surface area contributed by atoms with Gasteiger partial charge in [-0.05, 0) is 48.9 Å². The zero-order valence-electron chi connectivity index (χ0n) is 14.2. The highest BCUT2D eigenvalue weighted by atomic mass is 16.5. The zero-order valence-corrected chi connectivity index (χ0v) is 14.2. The first-order chi connectivity index (χ1) is 12.6. The summed E-state index contributed by atoms with van der Waals surface area (Å²) in [6, 6.07) is 14.8. The molecule has 0 bridgehead atoms. The van der Waals surface area contributed by atoms with E-state index in [1.165, 1.54) is 4.90 Å². The zero-order chi connectivity index (χ0) is 18.1. The molecular weight excluding hydrogens is 330 g/mol. The van der Waals surface area contributed by atoms with Crippen LogP contribution in [0.2, 0.25) is 0 Å². The highest BCUT2D eigenvalue weighted by Crippen LogP contribution is 2.32. The molecule has 6 nitrogen and oxygen atoms in total. The molecular formula is C20H17N3O3. The second-order valence-electron chi connectivity index (χ2n) is 6.16. The quantitative estimate of drug-likeness (QED) is 0.791. The fourth-order valence-corrected chi connectivity index (χ4v) is 3.03. The second kappa shape index (κ2) is 6.48. The fourth-order valence-electron chi connectivity index (χ4n) is 3.03. The number of nitrogens with one attached hydrogen (secondary N) is 1. The van der Waals surface area contributed by atoms with Crippen molar-refractivity contribution in [3.63, 3.8) is 0 Å². The summed E-state index contributed by atoms with van der Waals surface area (Å²) in [4.78, 5) is 30.6. The van der Waals surface area contributed by atoms with Gasteiger partial charge in [0.2, 0.25) is 5.91 Å². The molecule has 0 fully saturated rings. The Balaban J connectivity index is 1.59. The Bertz CT molecular complexity index is 1010. The number of fused-ring (bicyclic) bond motifs is 2. The van der Waals surface area contributed by atoms with Crippen LogP contribution in [0.15, 0.2) is 54.7 Å². The van der Waals surface area contributed by atoms with Crippen LogP contribution in [0, 0.1) is 6.92 Å². The van der Waals surface area contributed by atoms with Crippen LogP contribution < -0.4 is 15.0 Å². The maximum atomic E-state index is 12.6. The summed E-state index contributed by atoms with van der Waals surface area (Å²) in [6.07, 6.45) is 1.71. The third-order valence-corrected chi connectivity index (χ3v) is 4.28. The van der Waals surface area contributed by atoms with E-state index in [0.29, 0.717) is 17.1 Å². The number of pyridine rings is 1. The van der Waals surface area contributed by atoms with Gasteiger partial charge in [-0.3, -0.25) is 19.5 Å². The molecule has 0 unspecified atom stereocenters. The highest BCUT2D eigenvalue weighted by molar-refractivity contribution is 6.07. The van der Waals surface area contributed by atoms with Crippen molar-refractivity contribution in [1.29, 1.82) is 0 Å². The SMILES string of the molecule is Cc1ccc2c(c1)N(CC(=O)Nc1cccc3ncccc13)C(=O)CO2. The van der Waals surface area contributed by atoms with Gasteiger partial charge in [-0.2, -0.15) is 0 Å². The van der Waals surface area contributed by atoms with Crippen molar-refractivity contribution >= 4 is 34.1 Å². The van der Waals surface area contributed by atoms with Gasteiger partial charge >= 0.3 is 0 Å². The third-order valence-electron chi connectivity index (χ3n) is 4.28. The van der Waals surface area contributed by atoms with Crippen LogP contribution in [0.3, 0.4) is 0 Å². The number of amides is 2. The van der Waals surface area contributed by atoms with Crippen LogP contribution in [0.25, 0.3) is 10.9 Å². The van der Waals surface area contributed by atoms with Crippen molar-refractivity contribution in [2.75, 3.05) is 23.4 Å². The molecule has 130 valence electrons.